The van der Waals surface area contributed by atoms with Crippen LogP contribution in [0.1, 0.15) is 45.1 Å². The zero-order valence-corrected chi connectivity index (χ0v) is 16.6. The summed E-state index contributed by atoms with van der Waals surface area (Å²) >= 11 is 6.02. The van der Waals surface area contributed by atoms with Gasteiger partial charge in [0.05, 0.1) is 5.41 Å². The van der Waals surface area contributed by atoms with E-state index in [0.717, 1.165) is 55.9 Å². The summed E-state index contributed by atoms with van der Waals surface area (Å²) in [6.45, 7) is 7.03. The van der Waals surface area contributed by atoms with Gasteiger partial charge >= 0.3 is 0 Å². The monoisotopic (exact) mass is 372 g/mol. The Kier molecular flexibility index (Phi) is 8.55. The lowest BCUT2D eigenvalue weighted by molar-refractivity contribution is -0.139. The molecule has 1 fully saturated rings. The van der Waals surface area contributed by atoms with Crippen molar-refractivity contribution >= 4 is 29.9 Å². The predicted molar refractivity (Wildman–Crippen MR) is 104 cm³/mol. The second-order valence-electron chi connectivity index (χ2n) is 6.59. The van der Waals surface area contributed by atoms with Crippen LogP contribution in [0.3, 0.4) is 0 Å². The summed E-state index contributed by atoms with van der Waals surface area (Å²) in [5.41, 5.74) is 0.676. The van der Waals surface area contributed by atoms with Crippen molar-refractivity contribution in [3.8, 4) is 0 Å². The van der Waals surface area contributed by atoms with E-state index in [4.69, 9.17) is 11.6 Å². The molecule has 1 saturated heterocycles. The standard InChI is InChI=1S/C19H29ClN2O.ClH/c1-4-19(5-2,16-6-8-17(20)9-7-16)18(23)22-12-10-15(11-13-22)14-21-3;/h6-9,15,21H,4-5,10-14H2,1-3H3;1H. The van der Waals surface area contributed by atoms with Crippen LogP contribution in [0, 0.1) is 5.92 Å². The molecule has 3 nitrogen and oxygen atoms in total. The first-order valence-electron chi connectivity index (χ1n) is 8.77. The maximum absolute atomic E-state index is 13.3. The summed E-state index contributed by atoms with van der Waals surface area (Å²) in [6, 6.07) is 7.81. The van der Waals surface area contributed by atoms with Gasteiger partial charge in [-0.3, -0.25) is 4.79 Å². The number of hydrogen-bond acceptors (Lipinski definition) is 2. The molecule has 1 aromatic carbocycles. The second-order valence-corrected chi connectivity index (χ2v) is 7.03. The minimum atomic E-state index is -0.416. The van der Waals surface area contributed by atoms with E-state index in [1.54, 1.807) is 0 Å². The first kappa shape index (κ1) is 21.3. The summed E-state index contributed by atoms with van der Waals surface area (Å²) in [5, 5.41) is 3.97. The quantitative estimate of drug-likeness (QED) is 0.807. The van der Waals surface area contributed by atoms with Gasteiger partial charge in [-0.2, -0.15) is 0 Å². The third kappa shape index (κ3) is 4.44. The van der Waals surface area contributed by atoms with Gasteiger partial charge in [0.15, 0.2) is 0 Å². The fourth-order valence-electron chi connectivity index (χ4n) is 3.78. The van der Waals surface area contributed by atoms with Crippen molar-refractivity contribution in [2.75, 3.05) is 26.7 Å². The van der Waals surface area contributed by atoms with Crippen LogP contribution in [0.25, 0.3) is 0 Å². The molecule has 0 atom stereocenters. The zero-order chi connectivity index (χ0) is 16.9. The van der Waals surface area contributed by atoms with Crippen molar-refractivity contribution < 1.29 is 4.79 Å². The molecule has 24 heavy (non-hydrogen) atoms. The number of likely N-dealkylation sites (tertiary alicyclic amines) is 1. The third-order valence-corrected chi connectivity index (χ3v) is 5.66. The van der Waals surface area contributed by atoms with Gasteiger partial charge in [-0.05, 0) is 62.9 Å². The Balaban J connectivity index is 0.00000288. The highest BCUT2D eigenvalue weighted by molar-refractivity contribution is 6.30. The molecule has 0 aliphatic carbocycles. The van der Waals surface area contributed by atoms with Gasteiger partial charge in [-0.25, -0.2) is 0 Å². The van der Waals surface area contributed by atoms with Gasteiger partial charge in [0.2, 0.25) is 5.91 Å². The lowest BCUT2D eigenvalue weighted by Gasteiger charge is -2.40. The largest absolute Gasteiger partial charge is 0.342 e. The van der Waals surface area contributed by atoms with Crippen molar-refractivity contribution in [1.82, 2.24) is 10.2 Å². The van der Waals surface area contributed by atoms with Crippen molar-refractivity contribution in [3.05, 3.63) is 34.9 Å². The predicted octanol–water partition coefficient (Wildman–Crippen LogP) is 4.28. The molecule has 0 saturated carbocycles. The lowest BCUT2D eigenvalue weighted by Crippen LogP contribution is -2.49. The van der Waals surface area contributed by atoms with Gasteiger partial charge in [0.25, 0.3) is 0 Å². The topological polar surface area (TPSA) is 32.3 Å². The number of nitrogens with zero attached hydrogens (tertiary/aromatic N) is 1. The third-order valence-electron chi connectivity index (χ3n) is 5.41. The number of hydrogen-bond donors (Lipinski definition) is 1. The van der Waals surface area contributed by atoms with E-state index < -0.39 is 5.41 Å². The number of rotatable bonds is 6. The minimum Gasteiger partial charge on any atom is -0.342 e. The van der Waals surface area contributed by atoms with Crippen LogP contribution >= 0.6 is 24.0 Å². The van der Waals surface area contributed by atoms with E-state index in [2.05, 4.69) is 24.1 Å². The molecular formula is C19H30Cl2N2O. The summed E-state index contributed by atoms with van der Waals surface area (Å²) in [5.74, 6) is 0.977. The molecule has 2 rings (SSSR count). The molecule has 1 aromatic rings. The number of carbonyl (C=O) groups excluding carboxylic acids is 1. The Hall–Kier alpha value is -0.770. The lowest BCUT2D eigenvalue weighted by atomic mass is 9.74. The molecular weight excluding hydrogens is 343 g/mol. The first-order valence-corrected chi connectivity index (χ1v) is 9.15. The summed E-state index contributed by atoms with van der Waals surface area (Å²) < 4.78 is 0. The Labute approximate surface area is 157 Å². The van der Waals surface area contributed by atoms with Crippen molar-refractivity contribution in [3.63, 3.8) is 0 Å². The van der Waals surface area contributed by atoms with E-state index in [-0.39, 0.29) is 18.3 Å². The molecule has 1 aliphatic heterocycles. The van der Waals surface area contributed by atoms with Crippen LogP contribution in [0.4, 0.5) is 0 Å². The molecule has 0 unspecified atom stereocenters. The van der Waals surface area contributed by atoms with Gasteiger partial charge in [-0.15, -0.1) is 12.4 Å². The van der Waals surface area contributed by atoms with E-state index >= 15 is 0 Å². The molecule has 0 spiro atoms. The Morgan fingerprint density at radius 3 is 2.21 bits per heavy atom. The molecule has 1 heterocycles. The number of nitrogens with one attached hydrogen (secondary N) is 1. The highest BCUT2D eigenvalue weighted by atomic mass is 35.5. The smallest absolute Gasteiger partial charge is 0.233 e. The van der Waals surface area contributed by atoms with Crippen LogP contribution in [0.5, 0.6) is 0 Å². The number of piperidine rings is 1. The highest BCUT2D eigenvalue weighted by Crippen LogP contribution is 2.35. The zero-order valence-electron chi connectivity index (χ0n) is 15.0. The van der Waals surface area contributed by atoms with E-state index in [1.807, 2.05) is 31.3 Å². The molecule has 136 valence electrons. The van der Waals surface area contributed by atoms with E-state index in [9.17, 15) is 4.79 Å². The summed E-state index contributed by atoms with van der Waals surface area (Å²) in [7, 11) is 2.00. The number of benzene rings is 1. The Morgan fingerprint density at radius 1 is 1.21 bits per heavy atom. The number of carbonyl (C=O) groups is 1. The van der Waals surface area contributed by atoms with Crippen molar-refractivity contribution in [2.45, 2.75) is 44.9 Å². The summed E-state index contributed by atoms with van der Waals surface area (Å²) in [4.78, 5) is 15.4. The first-order chi connectivity index (χ1) is 11.1. The highest BCUT2D eigenvalue weighted by Gasteiger charge is 2.40. The van der Waals surface area contributed by atoms with Crippen molar-refractivity contribution in [2.24, 2.45) is 5.92 Å². The molecule has 0 radical (unpaired) electrons. The molecule has 0 aromatic heterocycles. The second kappa shape index (κ2) is 9.65. The molecule has 5 heteroatoms. The molecule has 0 bridgehead atoms. The number of amides is 1. The summed E-state index contributed by atoms with van der Waals surface area (Å²) in [6.07, 6.45) is 3.83. The van der Waals surface area contributed by atoms with E-state index in [1.165, 1.54) is 0 Å². The molecule has 1 amide bonds. The Morgan fingerprint density at radius 2 is 1.75 bits per heavy atom. The van der Waals surface area contributed by atoms with Gasteiger partial charge < -0.3 is 10.2 Å². The molecule has 1 N–H and O–H groups in total. The maximum Gasteiger partial charge on any atom is 0.233 e. The number of halogens is 2. The molecule has 1 aliphatic rings. The normalized spacial score (nSPS) is 15.9. The van der Waals surface area contributed by atoms with Gasteiger partial charge in [0.1, 0.15) is 0 Å². The van der Waals surface area contributed by atoms with Crippen LogP contribution < -0.4 is 5.32 Å². The Bertz CT molecular complexity index is 507. The maximum atomic E-state index is 13.3. The van der Waals surface area contributed by atoms with Crippen LogP contribution in [0.2, 0.25) is 5.02 Å². The van der Waals surface area contributed by atoms with Crippen LogP contribution in [0.15, 0.2) is 24.3 Å². The van der Waals surface area contributed by atoms with Crippen LogP contribution in [-0.2, 0) is 10.2 Å². The SMILES string of the molecule is CCC(CC)(C(=O)N1CCC(CNC)CC1)c1ccc(Cl)cc1.Cl. The minimum absolute atomic E-state index is 0. The fraction of sp³-hybridized carbons (Fsp3) is 0.632. The average Bonchev–Trinajstić information content (AvgIpc) is 2.59. The van der Waals surface area contributed by atoms with Gasteiger partial charge in [-0.1, -0.05) is 37.6 Å². The van der Waals surface area contributed by atoms with E-state index in [0.29, 0.717) is 5.92 Å². The van der Waals surface area contributed by atoms with Crippen molar-refractivity contribution in [1.29, 1.82) is 0 Å². The average molecular weight is 373 g/mol. The fourth-order valence-corrected chi connectivity index (χ4v) is 3.91. The van der Waals surface area contributed by atoms with Crippen LogP contribution in [-0.4, -0.2) is 37.5 Å². The van der Waals surface area contributed by atoms with Gasteiger partial charge in [0, 0.05) is 18.1 Å².